The summed E-state index contributed by atoms with van der Waals surface area (Å²) in [6.45, 7) is 0. The molecule has 0 aromatic heterocycles. The van der Waals surface area contributed by atoms with Crippen molar-refractivity contribution in [3.63, 3.8) is 0 Å². The lowest BCUT2D eigenvalue weighted by Crippen LogP contribution is -2.40. The van der Waals surface area contributed by atoms with Gasteiger partial charge in [-0.25, -0.2) is 9.29 Å². The van der Waals surface area contributed by atoms with E-state index in [1.807, 2.05) is 0 Å². The summed E-state index contributed by atoms with van der Waals surface area (Å²) in [5, 5.41) is 0.318. The molecule has 7 heteroatoms. The zero-order chi connectivity index (χ0) is 23.7. The van der Waals surface area contributed by atoms with Crippen LogP contribution in [0.15, 0.2) is 54.6 Å². The van der Waals surface area contributed by atoms with Crippen LogP contribution in [0.5, 0.6) is 5.75 Å². The Bertz CT molecular complexity index is 1280. The SMILES string of the molecule is COc1ccc(C(=O)/C=C/c2ccc(N3C(=O)[C@@H]4[C@H](C3=O)C3C=C[C@H]4C4C[C@@H]34)c(F)c2)cc1Cl. The molecule has 2 bridgehead atoms. The Morgan fingerprint density at radius 2 is 1.74 bits per heavy atom. The predicted molar refractivity (Wildman–Crippen MR) is 125 cm³/mol. The molecule has 3 fully saturated rings. The molecule has 4 aliphatic carbocycles. The van der Waals surface area contributed by atoms with Crippen molar-refractivity contribution in [1.82, 2.24) is 0 Å². The fraction of sp³-hybridized carbons (Fsp3) is 0.296. The third-order valence-electron chi connectivity index (χ3n) is 7.74. The smallest absolute Gasteiger partial charge is 0.238 e. The van der Waals surface area contributed by atoms with Gasteiger partial charge in [-0.15, -0.1) is 0 Å². The van der Waals surface area contributed by atoms with E-state index in [0.29, 0.717) is 33.7 Å². The van der Waals surface area contributed by atoms with E-state index in [9.17, 15) is 14.4 Å². The van der Waals surface area contributed by atoms with Crippen LogP contribution in [0.3, 0.4) is 0 Å². The highest BCUT2D eigenvalue weighted by molar-refractivity contribution is 6.32. The average Bonchev–Trinajstić information content (AvgIpc) is 3.61. The third-order valence-corrected chi connectivity index (χ3v) is 8.03. The van der Waals surface area contributed by atoms with Gasteiger partial charge < -0.3 is 4.74 Å². The second-order valence-electron chi connectivity index (χ2n) is 9.42. The minimum atomic E-state index is -0.673. The first kappa shape index (κ1) is 21.3. The zero-order valence-corrected chi connectivity index (χ0v) is 19.0. The second kappa shape index (κ2) is 7.64. The molecule has 5 nitrogen and oxygen atoms in total. The highest BCUT2D eigenvalue weighted by atomic mass is 35.5. The molecule has 5 aliphatic rings. The van der Waals surface area contributed by atoms with Crippen molar-refractivity contribution >= 4 is 41.0 Å². The summed E-state index contributed by atoms with van der Waals surface area (Å²) in [6.07, 6.45) is 8.06. The number of rotatable bonds is 5. The highest BCUT2D eigenvalue weighted by Crippen LogP contribution is 2.65. The molecule has 6 atom stereocenters. The summed E-state index contributed by atoms with van der Waals surface area (Å²) in [7, 11) is 1.49. The van der Waals surface area contributed by atoms with Crippen LogP contribution in [0.1, 0.15) is 22.3 Å². The van der Waals surface area contributed by atoms with E-state index in [4.69, 9.17) is 16.3 Å². The van der Waals surface area contributed by atoms with Crippen LogP contribution in [-0.2, 0) is 9.59 Å². The van der Waals surface area contributed by atoms with Crippen LogP contribution < -0.4 is 9.64 Å². The van der Waals surface area contributed by atoms with Crippen LogP contribution in [0.25, 0.3) is 6.08 Å². The Morgan fingerprint density at radius 1 is 1.06 bits per heavy atom. The predicted octanol–water partition coefficient (Wildman–Crippen LogP) is 4.94. The first-order chi connectivity index (χ1) is 16.4. The fourth-order valence-electron chi connectivity index (χ4n) is 6.09. The highest BCUT2D eigenvalue weighted by Gasteiger charge is 2.67. The minimum Gasteiger partial charge on any atom is -0.495 e. The van der Waals surface area contributed by atoms with Crippen molar-refractivity contribution < 1.29 is 23.5 Å². The molecule has 172 valence electrons. The second-order valence-corrected chi connectivity index (χ2v) is 9.83. The Morgan fingerprint density at radius 3 is 2.32 bits per heavy atom. The number of allylic oxidation sites excluding steroid dienone is 3. The summed E-state index contributed by atoms with van der Waals surface area (Å²) in [4.78, 5) is 39.9. The molecule has 2 unspecified atom stereocenters. The number of ether oxygens (including phenoxy) is 1. The molecule has 34 heavy (non-hydrogen) atoms. The first-order valence-electron chi connectivity index (χ1n) is 11.3. The number of carbonyl (C=O) groups excluding carboxylic acids is 3. The first-order valence-corrected chi connectivity index (χ1v) is 11.7. The molecule has 1 aliphatic heterocycles. The van der Waals surface area contributed by atoms with Gasteiger partial charge in [0, 0.05) is 5.56 Å². The topological polar surface area (TPSA) is 63.7 Å². The standard InChI is InChI=1S/C27H21ClFNO4/c1-34-23-9-4-14(11-19(23)28)22(31)8-3-13-2-7-21(20(29)10-13)30-26(32)24-15-5-6-16(18-12-17(15)18)25(24)27(30)33/h2-11,15-18,24-25H,12H2,1H3/b8-3+/t15-,16?,17?,18-,24-,25+/m0/s1. The summed E-state index contributed by atoms with van der Waals surface area (Å²) in [6, 6.07) is 8.96. The van der Waals surface area contributed by atoms with Gasteiger partial charge in [0.2, 0.25) is 11.8 Å². The molecule has 1 saturated heterocycles. The van der Waals surface area contributed by atoms with Gasteiger partial charge >= 0.3 is 0 Å². The molecule has 0 N–H and O–H groups in total. The lowest BCUT2D eigenvalue weighted by Gasteiger charge is -2.37. The van der Waals surface area contributed by atoms with E-state index >= 15 is 4.39 Å². The molecule has 2 saturated carbocycles. The van der Waals surface area contributed by atoms with Crippen molar-refractivity contribution in [2.24, 2.45) is 35.5 Å². The number of hydrogen-bond donors (Lipinski definition) is 0. The van der Waals surface area contributed by atoms with E-state index < -0.39 is 5.82 Å². The lowest BCUT2D eigenvalue weighted by molar-refractivity contribution is -0.124. The molecule has 2 amide bonds. The van der Waals surface area contributed by atoms with Crippen LogP contribution >= 0.6 is 11.6 Å². The van der Waals surface area contributed by atoms with Gasteiger partial charge in [0.1, 0.15) is 11.6 Å². The summed E-state index contributed by atoms with van der Waals surface area (Å²) in [5.41, 5.74) is 0.785. The normalized spacial score (nSPS) is 30.6. The number of halogens is 2. The van der Waals surface area contributed by atoms with Crippen molar-refractivity contribution in [3.05, 3.63) is 76.6 Å². The van der Waals surface area contributed by atoms with Gasteiger partial charge in [-0.1, -0.05) is 35.9 Å². The minimum absolute atomic E-state index is 0.0251. The van der Waals surface area contributed by atoms with Crippen LogP contribution in [0.2, 0.25) is 5.02 Å². The molecule has 2 aromatic rings. The van der Waals surface area contributed by atoms with Gasteiger partial charge in [0.25, 0.3) is 0 Å². The summed E-state index contributed by atoms with van der Waals surface area (Å²) >= 11 is 6.08. The number of imide groups is 1. The van der Waals surface area contributed by atoms with Crippen molar-refractivity contribution in [3.8, 4) is 5.75 Å². The van der Waals surface area contributed by atoms with Crippen LogP contribution in [0, 0.1) is 41.3 Å². The van der Waals surface area contributed by atoms with Crippen molar-refractivity contribution in [2.45, 2.75) is 6.42 Å². The average molecular weight is 478 g/mol. The molecule has 7 rings (SSSR count). The van der Waals surface area contributed by atoms with Crippen molar-refractivity contribution in [1.29, 1.82) is 0 Å². The Labute approximate surface area is 200 Å². The Hall–Kier alpha value is -3.25. The number of nitrogens with zero attached hydrogens (tertiary/aromatic N) is 1. The monoisotopic (exact) mass is 477 g/mol. The maximum absolute atomic E-state index is 15.1. The quantitative estimate of drug-likeness (QED) is 0.265. The van der Waals surface area contributed by atoms with Crippen molar-refractivity contribution in [2.75, 3.05) is 12.0 Å². The third kappa shape index (κ3) is 3.08. The Balaban J connectivity index is 1.22. The number of benzene rings is 2. The number of ketones is 1. The number of amides is 2. The molecule has 2 aromatic carbocycles. The molecule has 1 heterocycles. The van der Waals surface area contributed by atoms with Gasteiger partial charge in [-0.2, -0.15) is 0 Å². The van der Waals surface area contributed by atoms with Gasteiger partial charge in [-0.05, 0) is 72.1 Å². The number of methoxy groups -OCH3 is 1. The molecular formula is C27H21ClFNO4. The summed E-state index contributed by atoms with van der Waals surface area (Å²) < 4.78 is 20.2. The Kier molecular flexibility index (Phi) is 4.78. The number of carbonyl (C=O) groups is 3. The van der Waals surface area contributed by atoms with E-state index in [2.05, 4.69) is 12.2 Å². The molecular weight excluding hydrogens is 457 g/mol. The van der Waals surface area contributed by atoms with E-state index in [1.54, 1.807) is 18.2 Å². The number of anilines is 1. The largest absolute Gasteiger partial charge is 0.495 e. The summed E-state index contributed by atoms with van der Waals surface area (Å²) in [5.74, 6) is -0.704. The number of hydrogen-bond acceptors (Lipinski definition) is 4. The van der Waals surface area contributed by atoms with E-state index in [0.717, 1.165) is 11.3 Å². The van der Waals surface area contributed by atoms with E-state index in [1.165, 1.54) is 37.5 Å². The molecule has 0 spiro atoms. The van der Waals surface area contributed by atoms with E-state index in [-0.39, 0.29) is 47.0 Å². The van der Waals surface area contributed by atoms with Gasteiger partial charge in [0.15, 0.2) is 5.78 Å². The lowest BCUT2D eigenvalue weighted by atomic mass is 9.63. The molecule has 0 radical (unpaired) electrons. The van der Waals surface area contributed by atoms with Gasteiger partial charge in [-0.3, -0.25) is 14.4 Å². The van der Waals surface area contributed by atoms with Gasteiger partial charge in [0.05, 0.1) is 29.7 Å². The zero-order valence-electron chi connectivity index (χ0n) is 18.3. The van der Waals surface area contributed by atoms with Crippen LogP contribution in [-0.4, -0.2) is 24.7 Å². The maximum Gasteiger partial charge on any atom is 0.238 e. The van der Waals surface area contributed by atoms with Crippen LogP contribution in [0.4, 0.5) is 10.1 Å². The maximum atomic E-state index is 15.1. The fourth-order valence-corrected chi connectivity index (χ4v) is 6.35.